The zero-order valence-corrected chi connectivity index (χ0v) is 32.0. The number of aliphatic hydroxyl groups is 5. The molecule has 2 heterocycles. The standard InChI is InChI=1S/C30H37N9O3.C7H17NO5/c1-30(2,3)25(40)18-38-24-16-9-8-15-23(24)27(20-11-6-5-7-12-20)34-39(29(38)42)19-26(41)31-21-13-10-14-22(17-21)37(4)28-32-35-36-33-28;1-8-2-4(10)6(12)7(13)5(11)3-9/h8-10,13-17,20H,5-7,11-12,18-19H2,1-4H3,(H,31,41)(H,32,33,35,36);4-13H,2-3H2,1H3/t;4-,5+,6+,7+/m.0/s1. The fourth-order valence-corrected chi connectivity index (χ4v) is 6.14. The molecule has 0 bridgehead atoms. The van der Waals surface area contributed by atoms with Crippen molar-refractivity contribution in [2.75, 3.05) is 55.5 Å². The molecule has 1 saturated carbocycles. The van der Waals surface area contributed by atoms with Crippen LogP contribution in [0.4, 0.5) is 27.8 Å². The summed E-state index contributed by atoms with van der Waals surface area (Å²) < 4.78 is 0. The molecule has 1 aromatic heterocycles. The van der Waals surface area contributed by atoms with Crippen molar-refractivity contribution >= 4 is 46.4 Å². The van der Waals surface area contributed by atoms with E-state index < -0.39 is 48.4 Å². The number of aromatic amines is 1. The third-order valence-corrected chi connectivity index (χ3v) is 9.46. The number of Topliss-reactive ketones (excluding diaryl/α,β-unsaturated/α-hetero) is 1. The number of aliphatic hydroxyl groups excluding tert-OH is 5. The second kappa shape index (κ2) is 19.7. The zero-order chi connectivity index (χ0) is 40.3. The van der Waals surface area contributed by atoms with Crippen molar-refractivity contribution in [3.05, 3.63) is 54.1 Å². The molecule has 0 radical (unpaired) electrons. The molecule has 0 saturated heterocycles. The summed E-state index contributed by atoms with van der Waals surface area (Å²) in [5.74, 6) is 0.0396. The van der Waals surface area contributed by atoms with E-state index in [0.29, 0.717) is 17.3 Å². The number of nitrogens with zero attached hydrogens (tertiary/aromatic N) is 7. The number of carbonyl (C=O) groups is 3. The van der Waals surface area contributed by atoms with Crippen LogP contribution >= 0.6 is 0 Å². The minimum absolute atomic E-state index is 0.0845. The van der Waals surface area contributed by atoms with Crippen LogP contribution in [0.1, 0.15) is 58.4 Å². The number of hydrogen-bond donors (Lipinski definition) is 8. The lowest BCUT2D eigenvalue weighted by Crippen LogP contribution is -2.48. The maximum atomic E-state index is 14.0. The molecule has 55 heavy (non-hydrogen) atoms. The minimum atomic E-state index is -1.55. The van der Waals surface area contributed by atoms with Crippen molar-refractivity contribution < 1.29 is 39.9 Å². The number of amides is 3. The second-order valence-electron chi connectivity index (χ2n) is 14.7. The van der Waals surface area contributed by atoms with Crippen LogP contribution in [0.25, 0.3) is 0 Å². The first-order valence-electron chi connectivity index (χ1n) is 18.3. The topological polar surface area (TPSA) is 253 Å². The largest absolute Gasteiger partial charge is 0.394 e. The van der Waals surface area contributed by atoms with E-state index in [1.54, 1.807) is 37.2 Å². The fraction of sp³-hybridized carbons (Fsp3) is 0.541. The first kappa shape index (κ1) is 42.9. The van der Waals surface area contributed by atoms with Gasteiger partial charge in [0.05, 0.1) is 30.7 Å². The third-order valence-electron chi connectivity index (χ3n) is 9.46. The van der Waals surface area contributed by atoms with Gasteiger partial charge in [-0.1, -0.05) is 69.4 Å². The van der Waals surface area contributed by atoms with Crippen LogP contribution in [0.3, 0.4) is 0 Å². The zero-order valence-electron chi connectivity index (χ0n) is 32.0. The van der Waals surface area contributed by atoms with Gasteiger partial charge in [-0.15, -0.1) is 5.10 Å². The number of rotatable bonds is 14. The Kier molecular flexibility index (Phi) is 15.3. The number of anilines is 4. The average molecular weight is 767 g/mol. The second-order valence-corrected chi connectivity index (χ2v) is 14.7. The van der Waals surface area contributed by atoms with Crippen LogP contribution in [-0.4, -0.2) is 139 Å². The molecule has 18 heteroatoms. The van der Waals surface area contributed by atoms with Gasteiger partial charge in [0.25, 0.3) is 5.95 Å². The summed E-state index contributed by atoms with van der Waals surface area (Å²) in [4.78, 5) is 43.8. The molecule has 1 fully saturated rings. The number of benzene rings is 2. The van der Waals surface area contributed by atoms with Gasteiger partial charge < -0.3 is 41.1 Å². The summed E-state index contributed by atoms with van der Waals surface area (Å²) in [6.07, 6.45) is -0.386. The number of para-hydroxylation sites is 1. The summed E-state index contributed by atoms with van der Waals surface area (Å²) in [5.41, 5.74) is 2.90. The molecule has 5 rings (SSSR count). The summed E-state index contributed by atoms with van der Waals surface area (Å²) in [5, 5.41) is 70.4. The number of nitrogens with one attached hydrogen (secondary N) is 3. The first-order chi connectivity index (χ1) is 26.2. The molecule has 8 N–H and O–H groups in total. The lowest BCUT2D eigenvalue weighted by atomic mass is 9.83. The molecule has 2 aliphatic rings. The Labute approximate surface area is 320 Å². The first-order valence-corrected chi connectivity index (χ1v) is 18.3. The van der Waals surface area contributed by atoms with Crippen molar-refractivity contribution in [1.82, 2.24) is 30.9 Å². The summed E-state index contributed by atoms with van der Waals surface area (Å²) in [6, 6.07) is 14.3. The fourth-order valence-electron chi connectivity index (χ4n) is 6.14. The number of urea groups is 1. The molecular weight excluding hydrogens is 712 g/mol. The maximum Gasteiger partial charge on any atom is 0.345 e. The molecule has 18 nitrogen and oxygen atoms in total. The Hall–Kier alpha value is -4.85. The van der Waals surface area contributed by atoms with E-state index in [0.717, 1.165) is 42.6 Å². The minimum Gasteiger partial charge on any atom is -0.394 e. The van der Waals surface area contributed by atoms with Gasteiger partial charge in [-0.05, 0) is 49.4 Å². The molecular formula is C37H54N10O8. The SMILES string of the molecule is CN(c1cccc(NC(=O)CN2N=C(C3CCCCC3)c3ccccc3N(CC(=O)C(C)(C)C)C2=O)c1)c1nn[nH]n1.CNC[C@H](O)[C@@H](O)[C@H](O)[C@H](O)CO. The average Bonchev–Trinajstić information content (AvgIpc) is 3.69. The molecule has 4 atom stereocenters. The Bertz CT molecular complexity index is 1750. The molecule has 0 unspecified atom stereocenters. The highest BCUT2D eigenvalue weighted by molar-refractivity contribution is 6.13. The Morgan fingerprint density at radius 1 is 0.982 bits per heavy atom. The number of aromatic nitrogens is 4. The van der Waals surface area contributed by atoms with Gasteiger partial charge in [0.2, 0.25) is 5.91 Å². The van der Waals surface area contributed by atoms with Gasteiger partial charge in [-0.3, -0.25) is 14.5 Å². The highest BCUT2D eigenvalue weighted by atomic mass is 16.4. The normalized spacial score (nSPS) is 17.1. The van der Waals surface area contributed by atoms with Crippen LogP contribution in [0.2, 0.25) is 0 Å². The Morgan fingerprint density at radius 3 is 2.31 bits per heavy atom. The number of fused-ring (bicyclic) bond motifs is 1. The molecule has 3 aromatic rings. The van der Waals surface area contributed by atoms with Gasteiger partial charge in [0, 0.05) is 41.9 Å². The van der Waals surface area contributed by atoms with E-state index >= 15 is 0 Å². The Balaban J connectivity index is 0.000000444. The van der Waals surface area contributed by atoms with Crippen molar-refractivity contribution in [2.24, 2.45) is 16.4 Å². The monoisotopic (exact) mass is 766 g/mol. The highest BCUT2D eigenvalue weighted by Gasteiger charge is 2.36. The van der Waals surface area contributed by atoms with Crippen molar-refractivity contribution in [1.29, 1.82) is 0 Å². The van der Waals surface area contributed by atoms with Gasteiger partial charge in [-0.2, -0.15) is 10.3 Å². The number of ketones is 1. The van der Waals surface area contributed by atoms with E-state index in [1.807, 2.05) is 51.1 Å². The van der Waals surface area contributed by atoms with Crippen LogP contribution in [0.15, 0.2) is 53.6 Å². The van der Waals surface area contributed by atoms with Crippen LogP contribution < -0.4 is 20.4 Å². The predicted molar refractivity (Wildman–Crippen MR) is 206 cm³/mol. The quantitative estimate of drug-likeness (QED) is 0.116. The van der Waals surface area contributed by atoms with E-state index in [-0.39, 0.29) is 31.3 Å². The molecule has 300 valence electrons. The highest BCUT2D eigenvalue weighted by Crippen LogP contribution is 2.34. The number of carbonyl (C=O) groups excluding carboxylic acids is 3. The number of hydrogen-bond acceptors (Lipinski definition) is 14. The van der Waals surface area contributed by atoms with E-state index in [4.69, 9.17) is 25.5 Å². The van der Waals surface area contributed by atoms with Crippen LogP contribution in [-0.2, 0) is 9.59 Å². The smallest absolute Gasteiger partial charge is 0.345 e. The number of tetrazole rings is 1. The molecule has 2 aromatic carbocycles. The molecule has 1 aliphatic heterocycles. The van der Waals surface area contributed by atoms with Crippen molar-refractivity contribution in [3.8, 4) is 0 Å². The van der Waals surface area contributed by atoms with E-state index in [2.05, 4.69) is 31.3 Å². The summed E-state index contributed by atoms with van der Waals surface area (Å²) >= 11 is 0. The van der Waals surface area contributed by atoms with Gasteiger partial charge >= 0.3 is 6.03 Å². The van der Waals surface area contributed by atoms with Gasteiger partial charge in [-0.25, -0.2) is 9.80 Å². The lowest BCUT2D eigenvalue weighted by molar-refractivity contribution is -0.124. The number of hydrazone groups is 1. The van der Waals surface area contributed by atoms with E-state index in [9.17, 15) is 19.5 Å². The van der Waals surface area contributed by atoms with Gasteiger partial charge in [0.15, 0.2) is 5.78 Å². The summed E-state index contributed by atoms with van der Waals surface area (Å²) in [7, 11) is 3.36. The maximum absolute atomic E-state index is 14.0. The predicted octanol–water partition coefficient (Wildman–Crippen LogP) is 1.39. The lowest BCUT2D eigenvalue weighted by Gasteiger charge is -2.28. The third kappa shape index (κ3) is 11.3. The summed E-state index contributed by atoms with van der Waals surface area (Å²) in [6.45, 7) is 4.51. The van der Waals surface area contributed by atoms with Gasteiger partial charge in [0.1, 0.15) is 24.9 Å². The Morgan fingerprint density at radius 2 is 1.67 bits per heavy atom. The molecule has 3 amide bonds. The van der Waals surface area contributed by atoms with Crippen molar-refractivity contribution in [2.45, 2.75) is 77.3 Å². The molecule has 1 aliphatic carbocycles. The van der Waals surface area contributed by atoms with Crippen LogP contribution in [0.5, 0.6) is 0 Å². The number of likely N-dealkylation sites (N-methyl/N-ethyl adjacent to an activating group) is 1. The van der Waals surface area contributed by atoms with Crippen LogP contribution in [0, 0.1) is 11.3 Å². The number of H-pyrrole nitrogens is 1. The van der Waals surface area contributed by atoms with Crippen molar-refractivity contribution in [3.63, 3.8) is 0 Å². The van der Waals surface area contributed by atoms with E-state index in [1.165, 1.54) is 16.3 Å². The molecule has 0 spiro atoms.